The summed E-state index contributed by atoms with van der Waals surface area (Å²) >= 11 is 0. The van der Waals surface area contributed by atoms with Crippen molar-refractivity contribution < 1.29 is 29.1 Å². The van der Waals surface area contributed by atoms with Crippen LogP contribution in [0.5, 0.6) is 0 Å². The van der Waals surface area contributed by atoms with Crippen molar-refractivity contribution in [2.24, 2.45) is 11.5 Å². The molecule has 182 valence electrons. The van der Waals surface area contributed by atoms with Crippen LogP contribution in [0.2, 0.25) is 0 Å². The van der Waals surface area contributed by atoms with Crippen LogP contribution in [0.3, 0.4) is 0 Å². The Morgan fingerprint density at radius 3 is 2.29 bits per heavy atom. The van der Waals surface area contributed by atoms with Crippen molar-refractivity contribution in [2.75, 3.05) is 6.54 Å². The van der Waals surface area contributed by atoms with Gasteiger partial charge in [-0.15, -0.1) is 0 Å². The highest BCUT2D eigenvalue weighted by molar-refractivity contribution is 5.93. The van der Waals surface area contributed by atoms with Gasteiger partial charge in [0.1, 0.15) is 12.1 Å². The number of imidazole rings is 1. The molecule has 34 heavy (non-hydrogen) atoms. The fourth-order valence-corrected chi connectivity index (χ4v) is 3.00. The number of carbonyl (C=O) groups is 5. The van der Waals surface area contributed by atoms with Gasteiger partial charge in [-0.25, -0.2) is 9.78 Å². The van der Waals surface area contributed by atoms with E-state index in [0.717, 1.165) is 5.56 Å². The summed E-state index contributed by atoms with van der Waals surface area (Å²) in [6.07, 6.45) is 2.47. The van der Waals surface area contributed by atoms with E-state index in [-0.39, 0.29) is 19.3 Å². The Morgan fingerprint density at radius 2 is 1.71 bits per heavy atom. The van der Waals surface area contributed by atoms with Crippen molar-refractivity contribution in [2.45, 2.75) is 37.4 Å². The minimum Gasteiger partial charge on any atom is -0.480 e. The van der Waals surface area contributed by atoms with Crippen LogP contribution in [0.15, 0.2) is 42.9 Å². The van der Waals surface area contributed by atoms with Crippen LogP contribution in [-0.4, -0.2) is 69.3 Å². The lowest BCUT2D eigenvalue weighted by Gasteiger charge is -2.22. The molecule has 1 heterocycles. The van der Waals surface area contributed by atoms with Gasteiger partial charge in [-0.2, -0.15) is 0 Å². The third kappa shape index (κ3) is 8.70. The molecule has 1 aromatic carbocycles. The normalized spacial score (nSPS) is 13.2. The van der Waals surface area contributed by atoms with Crippen LogP contribution < -0.4 is 27.4 Å². The molecule has 13 heteroatoms. The summed E-state index contributed by atoms with van der Waals surface area (Å²) in [5, 5.41) is 16.7. The number of hydrogen-bond donors (Lipinski definition) is 7. The minimum absolute atomic E-state index is 0.0408. The monoisotopic (exact) mass is 473 g/mol. The lowest BCUT2D eigenvalue weighted by Crippen LogP contribution is -2.55. The van der Waals surface area contributed by atoms with Gasteiger partial charge in [0.15, 0.2) is 0 Å². The number of carbonyl (C=O) groups excluding carboxylic acids is 4. The Bertz CT molecular complexity index is 996. The summed E-state index contributed by atoms with van der Waals surface area (Å²) in [5.41, 5.74) is 11.7. The standard InChI is InChI=1S/C21H27N7O6/c22-14(8-17(23)29)19(31)25-10-18(30)27-15(6-12-4-2-1-3-5-12)20(32)28-16(21(33)34)7-13-9-24-11-26-13/h1-5,9,11,14-16H,6-8,10,22H2,(H2,23,29)(H,24,26)(H,25,31)(H,27,30)(H,28,32)(H,33,34). The Balaban J connectivity index is 2.05. The Hall–Kier alpha value is -4.26. The molecule has 0 saturated carbocycles. The average molecular weight is 473 g/mol. The maximum Gasteiger partial charge on any atom is 0.326 e. The predicted molar refractivity (Wildman–Crippen MR) is 119 cm³/mol. The highest BCUT2D eigenvalue weighted by Gasteiger charge is 2.27. The third-order valence-corrected chi connectivity index (χ3v) is 4.71. The quantitative estimate of drug-likeness (QED) is 0.165. The van der Waals surface area contributed by atoms with Gasteiger partial charge in [0.2, 0.25) is 23.6 Å². The zero-order valence-corrected chi connectivity index (χ0v) is 18.2. The number of nitrogens with zero attached hydrogens (tertiary/aromatic N) is 1. The van der Waals surface area contributed by atoms with E-state index in [2.05, 4.69) is 25.9 Å². The molecular weight excluding hydrogens is 446 g/mol. The topological polar surface area (TPSA) is 222 Å². The molecule has 1 aromatic heterocycles. The van der Waals surface area contributed by atoms with Gasteiger partial charge >= 0.3 is 5.97 Å². The van der Waals surface area contributed by atoms with E-state index in [1.165, 1.54) is 12.5 Å². The first-order chi connectivity index (χ1) is 16.2. The lowest BCUT2D eigenvalue weighted by atomic mass is 10.0. The minimum atomic E-state index is -1.27. The molecule has 0 aliphatic carbocycles. The molecule has 13 nitrogen and oxygen atoms in total. The van der Waals surface area contributed by atoms with Crippen molar-refractivity contribution in [1.82, 2.24) is 25.9 Å². The number of nitrogens with two attached hydrogens (primary N) is 2. The molecule has 2 rings (SSSR count). The van der Waals surface area contributed by atoms with E-state index >= 15 is 0 Å². The summed E-state index contributed by atoms with van der Waals surface area (Å²) < 4.78 is 0. The Morgan fingerprint density at radius 1 is 1.00 bits per heavy atom. The molecule has 0 fully saturated rings. The Labute approximate surface area is 194 Å². The first-order valence-electron chi connectivity index (χ1n) is 10.3. The van der Waals surface area contributed by atoms with Crippen molar-refractivity contribution in [3.8, 4) is 0 Å². The highest BCUT2D eigenvalue weighted by atomic mass is 16.4. The number of H-pyrrole nitrogens is 1. The second-order valence-electron chi connectivity index (χ2n) is 7.48. The van der Waals surface area contributed by atoms with Crippen LogP contribution in [0.4, 0.5) is 0 Å². The summed E-state index contributed by atoms with van der Waals surface area (Å²) in [6.45, 7) is -0.514. The second-order valence-corrected chi connectivity index (χ2v) is 7.48. The molecule has 0 aliphatic rings. The van der Waals surface area contributed by atoms with E-state index in [1.54, 1.807) is 30.3 Å². The van der Waals surface area contributed by atoms with Gasteiger partial charge in [0.05, 0.1) is 25.3 Å². The van der Waals surface area contributed by atoms with Crippen LogP contribution in [-0.2, 0) is 36.8 Å². The number of amides is 4. The fraction of sp³-hybridized carbons (Fsp3) is 0.333. The molecule has 3 unspecified atom stereocenters. The number of hydrogen-bond acceptors (Lipinski definition) is 7. The fourth-order valence-electron chi connectivity index (χ4n) is 3.00. The zero-order chi connectivity index (χ0) is 25.1. The maximum absolute atomic E-state index is 12.9. The largest absolute Gasteiger partial charge is 0.480 e. The van der Waals surface area contributed by atoms with Gasteiger partial charge in [0, 0.05) is 24.7 Å². The number of carboxylic acids is 1. The van der Waals surface area contributed by atoms with Crippen molar-refractivity contribution in [1.29, 1.82) is 0 Å². The molecule has 4 amide bonds. The summed E-state index contributed by atoms with van der Waals surface area (Å²) in [4.78, 5) is 66.3. The van der Waals surface area contributed by atoms with Crippen molar-refractivity contribution in [3.63, 3.8) is 0 Å². The molecule has 3 atom stereocenters. The van der Waals surface area contributed by atoms with Gasteiger partial charge in [-0.1, -0.05) is 30.3 Å². The number of benzene rings is 1. The van der Waals surface area contributed by atoms with E-state index < -0.39 is 54.3 Å². The van der Waals surface area contributed by atoms with Gasteiger partial charge in [0.25, 0.3) is 0 Å². The number of aromatic nitrogens is 2. The average Bonchev–Trinajstić information content (AvgIpc) is 3.29. The van der Waals surface area contributed by atoms with Crippen molar-refractivity contribution in [3.05, 3.63) is 54.1 Å². The van der Waals surface area contributed by atoms with Crippen LogP contribution in [0.25, 0.3) is 0 Å². The second kappa shape index (κ2) is 12.7. The number of rotatable bonds is 13. The lowest BCUT2D eigenvalue weighted by molar-refractivity contribution is -0.142. The summed E-state index contributed by atoms with van der Waals surface area (Å²) in [6, 6.07) is 5.17. The van der Waals surface area contributed by atoms with E-state index in [1.807, 2.05) is 0 Å². The number of carboxylic acid groups (broad SMARTS) is 1. The summed E-state index contributed by atoms with van der Waals surface area (Å²) in [5.74, 6) is -4.22. The smallest absolute Gasteiger partial charge is 0.326 e. The van der Waals surface area contributed by atoms with Gasteiger partial charge in [-0.05, 0) is 5.56 Å². The number of aromatic amines is 1. The van der Waals surface area contributed by atoms with Crippen LogP contribution >= 0.6 is 0 Å². The molecule has 0 spiro atoms. The zero-order valence-electron chi connectivity index (χ0n) is 18.2. The summed E-state index contributed by atoms with van der Waals surface area (Å²) in [7, 11) is 0. The highest BCUT2D eigenvalue weighted by Crippen LogP contribution is 2.05. The molecule has 9 N–H and O–H groups in total. The van der Waals surface area contributed by atoms with Crippen molar-refractivity contribution >= 4 is 29.6 Å². The molecule has 0 bridgehead atoms. The first kappa shape index (κ1) is 26.0. The van der Waals surface area contributed by atoms with E-state index in [4.69, 9.17) is 11.5 Å². The van der Waals surface area contributed by atoms with Crippen LogP contribution in [0, 0.1) is 0 Å². The molecule has 0 aliphatic heterocycles. The molecule has 2 aromatic rings. The number of nitrogens with one attached hydrogen (secondary N) is 4. The third-order valence-electron chi connectivity index (χ3n) is 4.71. The number of aliphatic carboxylic acids is 1. The van der Waals surface area contributed by atoms with Crippen LogP contribution in [0.1, 0.15) is 17.7 Å². The maximum atomic E-state index is 12.9. The molecule has 0 radical (unpaired) electrons. The SMILES string of the molecule is NC(=O)CC(N)C(=O)NCC(=O)NC(Cc1ccccc1)C(=O)NC(Cc1cnc[nH]1)C(=O)O. The first-order valence-corrected chi connectivity index (χ1v) is 10.3. The van der Waals surface area contributed by atoms with E-state index in [9.17, 15) is 29.1 Å². The Kier molecular flexibility index (Phi) is 9.71. The van der Waals surface area contributed by atoms with Gasteiger partial charge in [-0.3, -0.25) is 19.2 Å². The van der Waals surface area contributed by atoms with Gasteiger partial charge < -0.3 is 37.5 Å². The molecule has 0 saturated heterocycles. The predicted octanol–water partition coefficient (Wildman–Crippen LogP) is -2.43. The molecular formula is C21H27N7O6. The number of primary amides is 1. The van der Waals surface area contributed by atoms with E-state index in [0.29, 0.717) is 5.69 Å².